The van der Waals surface area contributed by atoms with Gasteiger partial charge in [-0.2, -0.15) is 0 Å². The van der Waals surface area contributed by atoms with Crippen molar-refractivity contribution in [3.63, 3.8) is 0 Å². The minimum absolute atomic E-state index is 0.142. The summed E-state index contributed by atoms with van der Waals surface area (Å²) in [6.45, 7) is 7.39. The Hall–Kier alpha value is -1.09. The summed E-state index contributed by atoms with van der Waals surface area (Å²) in [4.78, 5) is 0. The van der Waals surface area contributed by atoms with Crippen LogP contribution < -0.4 is 10.1 Å². The average molecular weight is 279 g/mol. The van der Waals surface area contributed by atoms with Crippen LogP contribution in [0.5, 0.6) is 5.75 Å². The summed E-state index contributed by atoms with van der Waals surface area (Å²) in [6, 6.07) is 5.19. The van der Waals surface area contributed by atoms with Gasteiger partial charge >= 0.3 is 0 Å². The zero-order chi connectivity index (χ0) is 14.6. The van der Waals surface area contributed by atoms with Crippen molar-refractivity contribution in [1.82, 2.24) is 5.32 Å². The Morgan fingerprint density at radius 1 is 1.25 bits per heavy atom. The summed E-state index contributed by atoms with van der Waals surface area (Å²) < 4.78 is 19.8. The molecular weight excluding hydrogens is 253 g/mol. The molecule has 0 fully saturated rings. The van der Waals surface area contributed by atoms with Gasteiger partial charge < -0.3 is 10.1 Å². The number of hydrogen-bond donors (Lipinski definition) is 1. The molecular formula is C17H26FNO. The molecule has 1 aliphatic heterocycles. The monoisotopic (exact) mass is 279 g/mol. The van der Waals surface area contributed by atoms with E-state index in [1.807, 2.05) is 6.07 Å². The molecule has 0 aromatic heterocycles. The molecule has 0 saturated carbocycles. The van der Waals surface area contributed by atoms with Gasteiger partial charge in [0, 0.05) is 24.1 Å². The van der Waals surface area contributed by atoms with Crippen molar-refractivity contribution in [2.24, 2.45) is 0 Å². The number of rotatable bonds is 6. The van der Waals surface area contributed by atoms with Gasteiger partial charge in [0.25, 0.3) is 0 Å². The summed E-state index contributed by atoms with van der Waals surface area (Å²) in [5.74, 6) is 0.506. The molecule has 0 radical (unpaired) electrons. The lowest BCUT2D eigenvalue weighted by Crippen LogP contribution is -2.44. The number of benzene rings is 1. The van der Waals surface area contributed by atoms with Crippen LogP contribution in [0.2, 0.25) is 0 Å². The van der Waals surface area contributed by atoms with Gasteiger partial charge in [0.1, 0.15) is 17.2 Å². The molecule has 1 aliphatic rings. The molecule has 1 N–H and O–H groups in total. The van der Waals surface area contributed by atoms with E-state index in [1.165, 1.54) is 6.07 Å². The minimum Gasteiger partial charge on any atom is -0.487 e. The smallest absolute Gasteiger partial charge is 0.127 e. The lowest BCUT2D eigenvalue weighted by atomic mass is 9.81. The largest absolute Gasteiger partial charge is 0.487 e. The zero-order valence-electron chi connectivity index (χ0n) is 12.8. The topological polar surface area (TPSA) is 21.3 Å². The van der Waals surface area contributed by atoms with Crippen molar-refractivity contribution in [2.75, 3.05) is 6.54 Å². The molecule has 20 heavy (non-hydrogen) atoms. The lowest BCUT2D eigenvalue weighted by molar-refractivity contribution is 0.0128. The van der Waals surface area contributed by atoms with Crippen LogP contribution in [0.4, 0.5) is 4.39 Å². The van der Waals surface area contributed by atoms with Gasteiger partial charge in [-0.1, -0.05) is 39.7 Å². The van der Waals surface area contributed by atoms with Crippen LogP contribution in [0.1, 0.15) is 64.5 Å². The van der Waals surface area contributed by atoms with Gasteiger partial charge in [-0.15, -0.1) is 0 Å². The fourth-order valence-electron chi connectivity index (χ4n) is 3.41. The first-order valence-corrected chi connectivity index (χ1v) is 7.86. The summed E-state index contributed by atoms with van der Waals surface area (Å²) in [6.07, 6.45) is 5.20. The fourth-order valence-corrected chi connectivity index (χ4v) is 3.41. The van der Waals surface area contributed by atoms with E-state index in [4.69, 9.17) is 4.74 Å². The van der Waals surface area contributed by atoms with E-state index in [1.54, 1.807) is 6.07 Å². The zero-order valence-corrected chi connectivity index (χ0v) is 12.8. The maximum absolute atomic E-state index is 13.5. The molecule has 0 bridgehead atoms. The quantitative estimate of drug-likeness (QED) is 0.822. The van der Waals surface area contributed by atoms with Crippen LogP contribution in [-0.4, -0.2) is 12.1 Å². The third-order valence-corrected chi connectivity index (χ3v) is 4.12. The van der Waals surface area contributed by atoms with Gasteiger partial charge in [-0.05, 0) is 25.5 Å². The Morgan fingerprint density at radius 2 is 1.95 bits per heavy atom. The SMILES string of the molecule is CCCC1(CCC)CC(NCC)c2ccc(F)cc2O1. The van der Waals surface area contributed by atoms with Crippen molar-refractivity contribution < 1.29 is 9.13 Å². The summed E-state index contributed by atoms with van der Waals surface area (Å²) in [7, 11) is 0. The summed E-state index contributed by atoms with van der Waals surface area (Å²) >= 11 is 0. The van der Waals surface area contributed by atoms with E-state index in [0.717, 1.165) is 50.0 Å². The number of hydrogen-bond acceptors (Lipinski definition) is 2. The van der Waals surface area contributed by atoms with Crippen LogP contribution in [-0.2, 0) is 0 Å². The highest BCUT2D eigenvalue weighted by molar-refractivity contribution is 5.39. The molecule has 1 aromatic carbocycles. The van der Waals surface area contributed by atoms with E-state index in [9.17, 15) is 4.39 Å². The van der Waals surface area contributed by atoms with Gasteiger partial charge in [0.05, 0.1) is 0 Å². The Kier molecular flexibility index (Phi) is 5.03. The Morgan fingerprint density at radius 3 is 2.55 bits per heavy atom. The molecule has 1 aromatic rings. The van der Waals surface area contributed by atoms with E-state index in [0.29, 0.717) is 0 Å². The van der Waals surface area contributed by atoms with Gasteiger partial charge in [0.2, 0.25) is 0 Å². The molecule has 0 amide bonds. The predicted octanol–water partition coefficient (Wildman–Crippen LogP) is 4.60. The summed E-state index contributed by atoms with van der Waals surface area (Å²) in [5.41, 5.74) is 0.952. The first kappa shape index (κ1) is 15.3. The number of ether oxygens (including phenoxy) is 1. The molecule has 1 heterocycles. The van der Waals surface area contributed by atoms with Crippen LogP contribution >= 0.6 is 0 Å². The molecule has 2 rings (SSSR count). The van der Waals surface area contributed by atoms with Crippen molar-refractivity contribution in [3.8, 4) is 5.75 Å². The molecule has 1 unspecified atom stereocenters. The third-order valence-electron chi connectivity index (χ3n) is 4.12. The Balaban J connectivity index is 2.36. The Labute approximate surface area is 121 Å². The maximum Gasteiger partial charge on any atom is 0.127 e. The van der Waals surface area contributed by atoms with Gasteiger partial charge in [-0.3, -0.25) is 0 Å². The average Bonchev–Trinajstić information content (AvgIpc) is 2.39. The van der Waals surface area contributed by atoms with Crippen LogP contribution in [0.3, 0.4) is 0 Å². The van der Waals surface area contributed by atoms with Gasteiger partial charge in [-0.25, -0.2) is 4.39 Å². The second kappa shape index (κ2) is 6.57. The van der Waals surface area contributed by atoms with E-state index >= 15 is 0 Å². The standard InChI is InChI=1S/C17H26FNO/c1-4-9-17(10-5-2)12-15(19-6-3)14-8-7-13(18)11-16(14)20-17/h7-8,11,15,19H,4-6,9-10,12H2,1-3H3. The minimum atomic E-state index is -0.220. The molecule has 2 nitrogen and oxygen atoms in total. The van der Waals surface area contributed by atoms with E-state index in [-0.39, 0.29) is 17.5 Å². The highest BCUT2D eigenvalue weighted by Crippen LogP contribution is 2.44. The predicted molar refractivity (Wildman–Crippen MR) is 80.6 cm³/mol. The number of fused-ring (bicyclic) bond motifs is 1. The lowest BCUT2D eigenvalue weighted by Gasteiger charge is -2.42. The molecule has 1 atom stereocenters. The first-order valence-electron chi connectivity index (χ1n) is 7.86. The van der Waals surface area contributed by atoms with Gasteiger partial charge in [0.15, 0.2) is 0 Å². The molecule has 112 valence electrons. The second-order valence-corrected chi connectivity index (χ2v) is 5.78. The van der Waals surface area contributed by atoms with E-state index < -0.39 is 0 Å². The highest BCUT2D eigenvalue weighted by Gasteiger charge is 2.39. The van der Waals surface area contributed by atoms with Crippen molar-refractivity contribution in [3.05, 3.63) is 29.6 Å². The Bertz CT molecular complexity index is 441. The van der Waals surface area contributed by atoms with Crippen LogP contribution in [0.15, 0.2) is 18.2 Å². The maximum atomic E-state index is 13.5. The summed E-state index contributed by atoms with van der Waals surface area (Å²) in [5, 5.41) is 3.53. The van der Waals surface area contributed by atoms with Crippen molar-refractivity contribution in [1.29, 1.82) is 0 Å². The number of nitrogens with one attached hydrogen (secondary N) is 1. The number of halogens is 1. The van der Waals surface area contributed by atoms with Crippen molar-refractivity contribution >= 4 is 0 Å². The molecule has 3 heteroatoms. The fraction of sp³-hybridized carbons (Fsp3) is 0.647. The second-order valence-electron chi connectivity index (χ2n) is 5.78. The molecule has 0 saturated heterocycles. The third kappa shape index (κ3) is 3.14. The van der Waals surface area contributed by atoms with Crippen LogP contribution in [0, 0.1) is 5.82 Å². The highest BCUT2D eigenvalue weighted by atomic mass is 19.1. The van der Waals surface area contributed by atoms with E-state index in [2.05, 4.69) is 26.1 Å². The van der Waals surface area contributed by atoms with Crippen LogP contribution in [0.25, 0.3) is 0 Å². The molecule has 0 aliphatic carbocycles. The normalized spacial score (nSPS) is 20.3. The molecule has 0 spiro atoms. The van der Waals surface area contributed by atoms with Crippen molar-refractivity contribution in [2.45, 2.75) is 64.5 Å². The first-order chi connectivity index (χ1) is 9.64.